The second-order valence-corrected chi connectivity index (χ2v) is 5.81. The monoisotopic (exact) mass is 335 g/mol. The van der Waals surface area contributed by atoms with Crippen LogP contribution in [0.4, 0.5) is 0 Å². The number of hydrogen-bond acceptors (Lipinski definition) is 6. The van der Waals surface area contributed by atoms with Gasteiger partial charge in [-0.1, -0.05) is 18.2 Å². The van der Waals surface area contributed by atoms with Crippen LogP contribution in [0.15, 0.2) is 46.1 Å². The first-order valence-corrected chi connectivity index (χ1v) is 7.78. The molecule has 9 nitrogen and oxygen atoms in total. The molecule has 0 saturated heterocycles. The number of aromatic nitrogens is 6. The second kappa shape index (κ2) is 5.83. The Labute approximate surface area is 141 Å². The highest BCUT2D eigenvalue weighted by Crippen LogP contribution is 2.33. The van der Waals surface area contributed by atoms with E-state index < -0.39 is 11.2 Å². The van der Waals surface area contributed by atoms with Crippen LogP contribution in [0.1, 0.15) is 30.3 Å². The Balaban J connectivity index is 1.82. The van der Waals surface area contributed by atoms with Gasteiger partial charge in [-0.3, -0.25) is 13.9 Å². The smallest absolute Gasteiger partial charge is 0.296 e. The molecule has 3 aromatic rings. The highest BCUT2D eigenvalue weighted by molar-refractivity contribution is 5.30. The minimum atomic E-state index is -0.632. The van der Waals surface area contributed by atoms with Crippen LogP contribution in [0.2, 0.25) is 0 Å². The third-order valence-electron chi connectivity index (χ3n) is 4.09. The summed E-state index contributed by atoms with van der Waals surface area (Å²) in [6.45, 7) is -0.109. The molecule has 0 aliphatic heterocycles. The number of tetrazole rings is 1. The fraction of sp³-hybridized carbons (Fsp3) is 0.250. The van der Waals surface area contributed by atoms with E-state index in [1.54, 1.807) is 0 Å². The predicted octanol–water partition coefficient (Wildman–Crippen LogP) is 0.241. The van der Waals surface area contributed by atoms with Crippen molar-refractivity contribution in [3.8, 4) is 11.8 Å². The summed E-state index contributed by atoms with van der Waals surface area (Å²) in [7, 11) is 0. The van der Waals surface area contributed by atoms with E-state index in [-0.39, 0.29) is 18.2 Å². The highest BCUT2D eigenvalue weighted by atomic mass is 16.2. The molecular weight excluding hydrogens is 322 g/mol. The first kappa shape index (κ1) is 15.0. The molecule has 2 heterocycles. The van der Waals surface area contributed by atoms with Gasteiger partial charge in [0.1, 0.15) is 11.6 Å². The van der Waals surface area contributed by atoms with Crippen LogP contribution in [-0.4, -0.2) is 29.3 Å². The van der Waals surface area contributed by atoms with Gasteiger partial charge in [-0.15, -0.1) is 5.10 Å². The van der Waals surface area contributed by atoms with Crippen LogP contribution in [-0.2, 0) is 6.54 Å². The average molecular weight is 335 g/mol. The molecule has 1 aromatic carbocycles. The first-order valence-electron chi connectivity index (χ1n) is 7.78. The molecule has 2 aromatic heterocycles. The van der Waals surface area contributed by atoms with E-state index in [2.05, 4.69) is 15.5 Å². The third-order valence-corrected chi connectivity index (χ3v) is 4.09. The molecule has 1 aliphatic carbocycles. The summed E-state index contributed by atoms with van der Waals surface area (Å²) >= 11 is 0. The van der Waals surface area contributed by atoms with Gasteiger partial charge in [0.25, 0.3) is 5.56 Å². The molecule has 25 heavy (non-hydrogen) atoms. The van der Waals surface area contributed by atoms with Gasteiger partial charge in [0.2, 0.25) is 0 Å². The van der Waals surface area contributed by atoms with Crippen LogP contribution in [0.5, 0.6) is 0 Å². The Morgan fingerprint density at radius 1 is 1.20 bits per heavy atom. The lowest BCUT2D eigenvalue weighted by molar-refractivity contribution is 0.570. The molecule has 0 unspecified atom stereocenters. The zero-order valence-electron chi connectivity index (χ0n) is 13.1. The van der Waals surface area contributed by atoms with Crippen molar-refractivity contribution >= 4 is 0 Å². The van der Waals surface area contributed by atoms with Crippen molar-refractivity contribution in [3.63, 3.8) is 0 Å². The van der Waals surface area contributed by atoms with Crippen LogP contribution < -0.4 is 11.2 Å². The topological polar surface area (TPSA) is 111 Å². The van der Waals surface area contributed by atoms with Crippen molar-refractivity contribution < 1.29 is 0 Å². The molecule has 4 rings (SSSR count). The zero-order valence-corrected chi connectivity index (χ0v) is 13.1. The molecule has 0 radical (unpaired) electrons. The normalized spacial score (nSPS) is 13.6. The summed E-state index contributed by atoms with van der Waals surface area (Å²) in [6, 6.07) is 11.1. The van der Waals surface area contributed by atoms with E-state index in [0.29, 0.717) is 5.82 Å². The molecule has 9 heteroatoms. The van der Waals surface area contributed by atoms with E-state index in [4.69, 9.17) is 0 Å². The van der Waals surface area contributed by atoms with Gasteiger partial charge in [-0.25, -0.2) is 4.79 Å². The Bertz CT molecular complexity index is 1080. The van der Waals surface area contributed by atoms with E-state index in [9.17, 15) is 14.9 Å². The fourth-order valence-electron chi connectivity index (χ4n) is 2.67. The van der Waals surface area contributed by atoms with Gasteiger partial charge in [0.15, 0.2) is 5.82 Å². The predicted molar refractivity (Wildman–Crippen MR) is 86.2 cm³/mol. The summed E-state index contributed by atoms with van der Waals surface area (Å²) in [5, 5.41) is 20.7. The van der Waals surface area contributed by atoms with Gasteiger partial charge in [-0.05, 0) is 35.4 Å². The quantitative estimate of drug-likeness (QED) is 0.675. The number of hydrogen-bond donors (Lipinski definition) is 0. The van der Waals surface area contributed by atoms with Crippen molar-refractivity contribution in [3.05, 3.63) is 68.8 Å². The Morgan fingerprint density at radius 3 is 2.64 bits per heavy atom. The Morgan fingerprint density at radius 2 is 1.96 bits per heavy atom. The number of rotatable bonds is 4. The third kappa shape index (κ3) is 2.63. The summed E-state index contributed by atoms with van der Waals surface area (Å²) in [5.74, 6) is 0.336. The summed E-state index contributed by atoms with van der Waals surface area (Å²) in [4.78, 5) is 25.1. The lowest BCUT2D eigenvalue weighted by Gasteiger charge is -2.10. The molecule has 1 aliphatic rings. The van der Waals surface area contributed by atoms with Crippen LogP contribution in [0, 0.1) is 11.3 Å². The summed E-state index contributed by atoms with van der Waals surface area (Å²) in [6.07, 6.45) is 3.08. The molecule has 1 saturated carbocycles. The second-order valence-electron chi connectivity index (χ2n) is 5.81. The van der Waals surface area contributed by atoms with Crippen LogP contribution in [0.25, 0.3) is 5.69 Å². The molecule has 124 valence electrons. The van der Waals surface area contributed by atoms with E-state index >= 15 is 0 Å². The number of nitrogens with zero attached hydrogens (tertiary/aromatic N) is 7. The molecule has 0 N–H and O–H groups in total. The van der Waals surface area contributed by atoms with Gasteiger partial charge >= 0.3 is 5.69 Å². The van der Waals surface area contributed by atoms with E-state index in [0.717, 1.165) is 23.1 Å². The van der Waals surface area contributed by atoms with Crippen molar-refractivity contribution in [2.45, 2.75) is 25.4 Å². The fourth-order valence-corrected chi connectivity index (χ4v) is 2.67. The first-order chi connectivity index (χ1) is 12.2. The lowest BCUT2D eigenvalue weighted by atomic mass is 10.3. The Kier molecular flexibility index (Phi) is 3.50. The van der Waals surface area contributed by atoms with Crippen molar-refractivity contribution in [2.75, 3.05) is 0 Å². The maximum atomic E-state index is 12.7. The van der Waals surface area contributed by atoms with Crippen molar-refractivity contribution in [1.82, 2.24) is 29.3 Å². The molecule has 0 amide bonds. The van der Waals surface area contributed by atoms with Crippen LogP contribution >= 0.6 is 0 Å². The minimum absolute atomic E-state index is 0.0524. The van der Waals surface area contributed by atoms with Crippen molar-refractivity contribution in [1.29, 1.82) is 5.26 Å². The molecule has 1 fully saturated rings. The largest absolute Gasteiger partial charge is 0.331 e. The number of nitriles is 1. The highest BCUT2D eigenvalue weighted by Gasteiger charge is 2.27. The maximum absolute atomic E-state index is 12.7. The van der Waals surface area contributed by atoms with Gasteiger partial charge < -0.3 is 0 Å². The summed E-state index contributed by atoms with van der Waals surface area (Å²) < 4.78 is 3.94. The van der Waals surface area contributed by atoms with Crippen LogP contribution in [0.3, 0.4) is 0 Å². The average Bonchev–Trinajstić information content (AvgIpc) is 3.37. The zero-order chi connectivity index (χ0) is 17.4. The van der Waals surface area contributed by atoms with Crippen molar-refractivity contribution in [2.24, 2.45) is 0 Å². The van der Waals surface area contributed by atoms with Gasteiger partial charge in [0, 0.05) is 12.2 Å². The van der Waals surface area contributed by atoms with E-state index in [1.807, 2.05) is 36.4 Å². The number of benzene rings is 1. The Hall–Kier alpha value is -3.54. The SMILES string of the molecule is N#Cc1cn(C2CC2)c(=O)n(Cc2nnnn2-c2ccccc2)c1=O. The van der Waals surface area contributed by atoms with Gasteiger partial charge in [-0.2, -0.15) is 9.94 Å². The lowest BCUT2D eigenvalue weighted by Crippen LogP contribution is -2.41. The summed E-state index contributed by atoms with van der Waals surface area (Å²) in [5.41, 5.74) is -0.430. The molecular formula is C16H13N7O2. The maximum Gasteiger partial charge on any atom is 0.331 e. The number of para-hydroxylation sites is 1. The standard InChI is InChI=1S/C16H13N7O2/c17-8-11-9-21(12-6-7-12)16(25)22(15(11)24)10-14-18-19-20-23(14)13-4-2-1-3-5-13/h1-5,9,12H,6-7,10H2. The molecule has 0 atom stereocenters. The molecule has 0 bridgehead atoms. The van der Waals surface area contributed by atoms with E-state index in [1.165, 1.54) is 15.4 Å². The minimum Gasteiger partial charge on any atom is -0.296 e. The molecule has 0 spiro atoms. The van der Waals surface area contributed by atoms with Gasteiger partial charge in [0.05, 0.1) is 12.2 Å².